The Bertz CT molecular complexity index is 283. The largest absolute Gasteiger partial charge is 0.338 e. The van der Waals surface area contributed by atoms with E-state index >= 15 is 0 Å². The lowest BCUT2D eigenvalue weighted by Crippen LogP contribution is -2.06. The van der Waals surface area contributed by atoms with Gasteiger partial charge in [-0.25, -0.2) is 0 Å². The van der Waals surface area contributed by atoms with Crippen LogP contribution in [0.3, 0.4) is 0 Å². The quantitative estimate of drug-likeness (QED) is 0.570. The standard InChI is InChI=1S/C8H6Cl2O/c9-8(10)7-4-2-1-3-6(7)5-11-8/h1-4H,5H2. The van der Waals surface area contributed by atoms with Crippen LogP contribution < -0.4 is 0 Å². The smallest absolute Gasteiger partial charge is 0.244 e. The van der Waals surface area contributed by atoms with Crippen LogP contribution in [0.25, 0.3) is 0 Å². The Hall–Kier alpha value is -0.240. The molecule has 0 radical (unpaired) electrons. The molecule has 0 fully saturated rings. The highest BCUT2D eigenvalue weighted by Crippen LogP contribution is 2.42. The van der Waals surface area contributed by atoms with E-state index in [2.05, 4.69) is 0 Å². The zero-order valence-electron chi connectivity index (χ0n) is 5.68. The van der Waals surface area contributed by atoms with Crippen LogP contribution in [0.5, 0.6) is 0 Å². The number of alkyl halides is 2. The number of ether oxygens (including phenoxy) is 1. The number of rotatable bonds is 0. The van der Waals surface area contributed by atoms with Gasteiger partial charge in [0, 0.05) is 5.56 Å². The Morgan fingerprint density at radius 1 is 1.27 bits per heavy atom. The first-order valence-corrected chi connectivity index (χ1v) is 4.06. The second-order valence-corrected chi connectivity index (χ2v) is 3.72. The van der Waals surface area contributed by atoms with Gasteiger partial charge in [0.1, 0.15) is 0 Å². The van der Waals surface area contributed by atoms with Crippen molar-refractivity contribution in [2.24, 2.45) is 0 Å². The van der Waals surface area contributed by atoms with Crippen LogP contribution >= 0.6 is 23.2 Å². The summed E-state index contributed by atoms with van der Waals surface area (Å²) in [5.41, 5.74) is 1.93. The van der Waals surface area contributed by atoms with Crippen molar-refractivity contribution in [3.63, 3.8) is 0 Å². The van der Waals surface area contributed by atoms with E-state index in [0.717, 1.165) is 11.1 Å². The third-order valence-electron chi connectivity index (χ3n) is 1.74. The minimum Gasteiger partial charge on any atom is -0.338 e. The molecule has 11 heavy (non-hydrogen) atoms. The molecule has 1 nitrogen and oxygen atoms in total. The fourth-order valence-corrected chi connectivity index (χ4v) is 1.65. The molecule has 0 spiro atoms. The van der Waals surface area contributed by atoms with Crippen molar-refractivity contribution in [3.8, 4) is 0 Å². The lowest BCUT2D eigenvalue weighted by molar-refractivity contribution is 0.0909. The van der Waals surface area contributed by atoms with E-state index < -0.39 is 4.52 Å². The first-order valence-electron chi connectivity index (χ1n) is 3.30. The van der Waals surface area contributed by atoms with Gasteiger partial charge in [0.25, 0.3) is 0 Å². The second kappa shape index (κ2) is 2.37. The summed E-state index contributed by atoms with van der Waals surface area (Å²) in [5, 5.41) is 0. The maximum Gasteiger partial charge on any atom is 0.244 e. The van der Waals surface area contributed by atoms with Crippen molar-refractivity contribution in [2.45, 2.75) is 11.1 Å². The van der Waals surface area contributed by atoms with Gasteiger partial charge in [-0.1, -0.05) is 47.5 Å². The molecule has 0 saturated heterocycles. The van der Waals surface area contributed by atoms with Gasteiger partial charge in [-0.2, -0.15) is 0 Å². The summed E-state index contributed by atoms with van der Waals surface area (Å²) in [6, 6.07) is 7.68. The van der Waals surface area contributed by atoms with Gasteiger partial charge >= 0.3 is 0 Å². The van der Waals surface area contributed by atoms with Gasteiger partial charge in [-0.3, -0.25) is 0 Å². The van der Waals surface area contributed by atoms with Crippen LogP contribution in [0, 0.1) is 0 Å². The number of hydrogen-bond acceptors (Lipinski definition) is 1. The molecule has 3 heteroatoms. The molecular formula is C8H6Cl2O. The van der Waals surface area contributed by atoms with Crippen LogP contribution in [0.1, 0.15) is 11.1 Å². The van der Waals surface area contributed by atoms with Gasteiger partial charge in [0.05, 0.1) is 6.61 Å². The molecule has 0 unspecified atom stereocenters. The fraction of sp³-hybridized carbons (Fsp3) is 0.250. The molecule has 0 amide bonds. The Morgan fingerprint density at radius 2 is 2.00 bits per heavy atom. The minimum absolute atomic E-state index is 0.503. The second-order valence-electron chi connectivity index (χ2n) is 2.46. The molecule has 1 aliphatic rings. The third-order valence-corrected chi connectivity index (χ3v) is 2.37. The number of hydrogen-bond donors (Lipinski definition) is 0. The number of benzene rings is 1. The summed E-state index contributed by atoms with van der Waals surface area (Å²) >= 11 is 11.7. The summed E-state index contributed by atoms with van der Waals surface area (Å²) in [6.45, 7) is 0.503. The summed E-state index contributed by atoms with van der Waals surface area (Å²) in [7, 11) is 0. The summed E-state index contributed by atoms with van der Waals surface area (Å²) in [6.07, 6.45) is 0. The first kappa shape index (κ1) is 7.41. The summed E-state index contributed by atoms with van der Waals surface area (Å²) in [5.74, 6) is 0. The van der Waals surface area contributed by atoms with Crippen molar-refractivity contribution in [1.29, 1.82) is 0 Å². The monoisotopic (exact) mass is 188 g/mol. The Kier molecular flexibility index (Phi) is 1.60. The lowest BCUT2D eigenvalue weighted by atomic mass is 10.1. The van der Waals surface area contributed by atoms with Gasteiger partial charge < -0.3 is 4.74 Å². The zero-order chi connectivity index (χ0) is 7.90. The molecule has 58 valence electrons. The molecule has 0 aromatic heterocycles. The molecule has 0 aliphatic carbocycles. The van der Waals surface area contributed by atoms with Crippen LogP contribution in [0.4, 0.5) is 0 Å². The van der Waals surface area contributed by atoms with Crippen LogP contribution in [0.2, 0.25) is 0 Å². The molecule has 0 atom stereocenters. The third kappa shape index (κ3) is 1.13. The average molecular weight is 189 g/mol. The van der Waals surface area contributed by atoms with Gasteiger partial charge in [-0.15, -0.1) is 0 Å². The van der Waals surface area contributed by atoms with E-state index in [1.165, 1.54) is 0 Å². The van der Waals surface area contributed by atoms with Crippen molar-refractivity contribution >= 4 is 23.2 Å². The topological polar surface area (TPSA) is 9.23 Å². The maximum atomic E-state index is 5.84. The van der Waals surface area contributed by atoms with Crippen molar-refractivity contribution < 1.29 is 4.74 Å². The van der Waals surface area contributed by atoms with Gasteiger partial charge in [0.15, 0.2) is 0 Å². The Morgan fingerprint density at radius 3 is 2.73 bits per heavy atom. The lowest BCUT2D eigenvalue weighted by Gasteiger charge is -2.11. The highest BCUT2D eigenvalue weighted by atomic mass is 35.5. The average Bonchev–Trinajstić information content (AvgIpc) is 2.29. The molecule has 0 saturated carbocycles. The van der Waals surface area contributed by atoms with E-state index in [1.807, 2.05) is 24.3 Å². The summed E-state index contributed by atoms with van der Waals surface area (Å²) in [4.78, 5) is 0. The number of fused-ring (bicyclic) bond motifs is 1. The molecule has 1 aliphatic heterocycles. The molecule has 1 heterocycles. The maximum absolute atomic E-state index is 5.84. The normalized spacial score (nSPS) is 19.8. The van der Waals surface area contributed by atoms with E-state index in [0.29, 0.717) is 6.61 Å². The molecule has 2 rings (SSSR count). The predicted molar refractivity (Wildman–Crippen MR) is 44.6 cm³/mol. The molecular weight excluding hydrogens is 183 g/mol. The molecule has 1 aromatic carbocycles. The first-order chi connectivity index (χ1) is 5.20. The van der Waals surface area contributed by atoms with Gasteiger partial charge in [-0.05, 0) is 5.56 Å². The van der Waals surface area contributed by atoms with Crippen LogP contribution in [0.15, 0.2) is 24.3 Å². The van der Waals surface area contributed by atoms with Crippen LogP contribution in [-0.2, 0) is 15.9 Å². The Balaban J connectivity index is 2.56. The summed E-state index contributed by atoms with van der Waals surface area (Å²) < 4.78 is 4.01. The van der Waals surface area contributed by atoms with Crippen LogP contribution in [-0.4, -0.2) is 0 Å². The minimum atomic E-state index is -1.13. The van der Waals surface area contributed by atoms with Crippen molar-refractivity contribution in [3.05, 3.63) is 35.4 Å². The van der Waals surface area contributed by atoms with E-state index in [1.54, 1.807) is 0 Å². The predicted octanol–water partition coefficient (Wildman–Crippen LogP) is 2.80. The molecule has 0 bridgehead atoms. The zero-order valence-corrected chi connectivity index (χ0v) is 7.19. The highest BCUT2D eigenvalue weighted by Gasteiger charge is 2.35. The van der Waals surface area contributed by atoms with Crippen molar-refractivity contribution in [1.82, 2.24) is 0 Å². The van der Waals surface area contributed by atoms with E-state index in [-0.39, 0.29) is 0 Å². The SMILES string of the molecule is ClC1(Cl)OCc2ccccc21. The fourth-order valence-electron chi connectivity index (χ4n) is 1.18. The van der Waals surface area contributed by atoms with E-state index in [4.69, 9.17) is 27.9 Å². The Labute approximate surface area is 74.9 Å². The number of halogens is 2. The molecule has 0 N–H and O–H groups in total. The van der Waals surface area contributed by atoms with Gasteiger partial charge in [0.2, 0.25) is 4.52 Å². The molecule has 1 aromatic rings. The van der Waals surface area contributed by atoms with Crippen molar-refractivity contribution in [2.75, 3.05) is 0 Å². The van der Waals surface area contributed by atoms with E-state index in [9.17, 15) is 0 Å². The highest BCUT2D eigenvalue weighted by molar-refractivity contribution is 6.47.